The predicted octanol–water partition coefficient (Wildman–Crippen LogP) is 2.76. The molecule has 0 saturated heterocycles. The van der Waals surface area contributed by atoms with Gasteiger partial charge in [0.25, 0.3) is 0 Å². The van der Waals surface area contributed by atoms with Crippen LogP contribution in [-0.4, -0.2) is 57.2 Å². The molecule has 1 aliphatic heterocycles. The Bertz CT molecular complexity index is 900. The molecule has 6 nitrogen and oxygen atoms in total. The number of anilines is 2. The molecule has 1 aliphatic rings. The molecule has 0 unspecified atom stereocenters. The van der Waals surface area contributed by atoms with Crippen LogP contribution in [0.5, 0.6) is 0 Å². The number of rotatable bonds is 6. The summed E-state index contributed by atoms with van der Waals surface area (Å²) in [5, 5.41) is 5.49. The monoisotopic (exact) mass is 412 g/mol. The third-order valence-corrected chi connectivity index (χ3v) is 6.05. The smallest absolute Gasteiger partial charge is 0.313 e. The molecule has 2 aromatic rings. The molecule has 0 fully saturated rings. The minimum absolute atomic E-state index is 0.0126. The van der Waals surface area contributed by atoms with Crippen molar-refractivity contribution in [3.8, 4) is 0 Å². The first kappa shape index (κ1) is 21.2. The number of carbonyl (C=O) groups is 2. The summed E-state index contributed by atoms with van der Waals surface area (Å²) in [7, 11) is 6.05. The standard InChI is InChI=1S/C22H28N4O2S/c1-25(2)19(15-9-10-18-16(13-15)11-12-26(18)3)14-23-21(27)22(28)24-17-7-5-6-8-20(17)29-4/h5-10,13,19H,11-12,14H2,1-4H3,(H,23,27)(H,24,28)/t19-/m0/s1. The van der Waals surface area contributed by atoms with Gasteiger partial charge in [0.2, 0.25) is 0 Å². The summed E-state index contributed by atoms with van der Waals surface area (Å²) in [6.45, 7) is 1.39. The van der Waals surface area contributed by atoms with Crippen LogP contribution in [0.1, 0.15) is 17.2 Å². The molecule has 0 aliphatic carbocycles. The van der Waals surface area contributed by atoms with Crippen molar-refractivity contribution in [3.63, 3.8) is 0 Å². The van der Waals surface area contributed by atoms with Gasteiger partial charge in [-0.2, -0.15) is 0 Å². The fourth-order valence-corrected chi connectivity index (χ4v) is 4.14. The largest absolute Gasteiger partial charge is 0.374 e. The third-order valence-electron chi connectivity index (χ3n) is 5.26. The van der Waals surface area contributed by atoms with Crippen LogP contribution < -0.4 is 15.5 Å². The highest BCUT2D eigenvalue weighted by Gasteiger charge is 2.22. The summed E-state index contributed by atoms with van der Waals surface area (Å²) in [6.07, 6.45) is 2.96. The van der Waals surface area contributed by atoms with Gasteiger partial charge < -0.3 is 20.4 Å². The van der Waals surface area contributed by atoms with Gasteiger partial charge in [-0.05, 0) is 56.1 Å². The Morgan fingerprint density at radius 2 is 1.93 bits per heavy atom. The number of fused-ring (bicyclic) bond motifs is 1. The van der Waals surface area contributed by atoms with Crippen molar-refractivity contribution < 1.29 is 9.59 Å². The summed E-state index contributed by atoms with van der Waals surface area (Å²) in [5.41, 5.74) is 4.38. The zero-order chi connectivity index (χ0) is 21.0. The molecule has 7 heteroatoms. The maximum Gasteiger partial charge on any atom is 0.313 e. The molecule has 154 valence electrons. The minimum atomic E-state index is -0.653. The molecule has 2 aromatic carbocycles. The summed E-state index contributed by atoms with van der Waals surface area (Å²) in [5.74, 6) is -1.28. The van der Waals surface area contributed by atoms with Crippen molar-refractivity contribution in [2.45, 2.75) is 17.4 Å². The summed E-state index contributed by atoms with van der Waals surface area (Å²) >= 11 is 1.52. The fourth-order valence-electron chi connectivity index (χ4n) is 3.59. The number of hydrogen-bond acceptors (Lipinski definition) is 5. The number of para-hydroxylation sites is 1. The molecule has 1 atom stereocenters. The first-order valence-corrected chi connectivity index (χ1v) is 10.9. The SMILES string of the molecule is CSc1ccccc1NC(=O)C(=O)NC[C@@H](c1ccc2c(c1)CCN2C)N(C)C. The van der Waals surface area contributed by atoms with E-state index in [1.807, 2.05) is 38.6 Å². The molecule has 0 bridgehead atoms. The molecule has 1 heterocycles. The lowest BCUT2D eigenvalue weighted by Gasteiger charge is -2.26. The van der Waals surface area contributed by atoms with Crippen LogP contribution in [0, 0.1) is 0 Å². The predicted molar refractivity (Wildman–Crippen MR) is 120 cm³/mol. The Kier molecular flexibility index (Phi) is 6.82. The molecule has 0 aromatic heterocycles. The number of carbonyl (C=O) groups excluding carboxylic acids is 2. The third kappa shape index (κ3) is 4.92. The summed E-state index contributed by atoms with van der Waals surface area (Å²) in [6, 6.07) is 13.9. The van der Waals surface area contributed by atoms with Gasteiger partial charge in [-0.25, -0.2) is 0 Å². The zero-order valence-corrected chi connectivity index (χ0v) is 18.2. The quantitative estimate of drug-likeness (QED) is 0.564. The molecule has 0 spiro atoms. The number of amides is 2. The lowest BCUT2D eigenvalue weighted by molar-refractivity contribution is -0.136. The highest BCUT2D eigenvalue weighted by molar-refractivity contribution is 7.98. The van der Waals surface area contributed by atoms with Crippen molar-refractivity contribution in [3.05, 3.63) is 53.6 Å². The second kappa shape index (κ2) is 9.33. The van der Waals surface area contributed by atoms with E-state index in [0.29, 0.717) is 12.2 Å². The second-order valence-corrected chi connectivity index (χ2v) is 8.25. The van der Waals surface area contributed by atoms with Crippen LogP contribution in [0.15, 0.2) is 47.4 Å². The summed E-state index contributed by atoms with van der Waals surface area (Å²) in [4.78, 5) is 29.9. The van der Waals surface area contributed by atoms with E-state index in [2.05, 4.69) is 45.7 Å². The van der Waals surface area contributed by atoms with Gasteiger partial charge >= 0.3 is 11.8 Å². The van der Waals surface area contributed by atoms with Crippen molar-refractivity contribution in [2.24, 2.45) is 0 Å². The molecular weight excluding hydrogens is 384 g/mol. The molecule has 2 N–H and O–H groups in total. The van der Waals surface area contributed by atoms with Gasteiger partial charge in [0.15, 0.2) is 0 Å². The lowest BCUT2D eigenvalue weighted by atomic mass is 10.0. The number of benzene rings is 2. The van der Waals surface area contributed by atoms with Crippen LogP contribution >= 0.6 is 11.8 Å². The van der Waals surface area contributed by atoms with Crippen LogP contribution in [0.25, 0.3) is 0 Å². The molecule has 2 amide bonds. The van der Waals surface area contributed by atoms with Crippen molar-refractivity contribution in [1.29, 1.82) is 0 Å². The van der Waals surface area contributed by atoms with Crippen molar-refractivity contribution in [1.82, 2.24) is 10.2 Å². The van der Waals surface area contributed by atoms with Crippen LogP contribution in [0.2, 0.25) is 0 Å². The minimum Gasteiger partial charge on any atom is -0.374 e. The van der Waals surface area contributed by atoms with Crippen LogP contribution in [-0.2, 0) is 16.0 Å². The Labute approximate surface area is 176 Å². The van der Waals surface area contributed by atoms with E-state index in [9.17, 15) is 9.59 Å². The van der Waals surface area contributed by atoms with Crippen molar-refractivity contribution >= 4 is 35.0 Å². The highest BCUT2D eigenvalue weighted by Crippen LogP contribution is 2.30. The lowest BCUT2D eigenvalue weighted by Crippen LogP contribution is -2.40. The topological polar surface area (TPSA) is 64.7 Å². The van der Waals surface area contributed by atoms with E-state index >= 15 is 0 Å². The average molecular weight is 413 g/mol. The Hall–Kier alpha value is -2.51. The Morgan fingerprint density at radius 3 is 2.66 bits per heavy atom. The number of nitrogens with zero attached hydrogens (tertiary/aromatic N) is 2. The Morgan fingerprint density at radius 1 is 1.17 bits per heavy atom. The number of hydrogen-bond donors (Lipinski definition) is 2. The molecule has 0 radical (unpaired) electrons. The first-order chi connectivity index (χ1) is 13.9. The van der Waals surface area contributed by atoms with E-state index in [4.69, 9.17) is 0 Å². The van der Waals surface area contributed by atoms with Gasteiger partial charge in [-0.15, -0.1) is 11.8 Å². The van der Waals surface area contributed by atoms with Gasteiger partial charge in [0, 0.05) is 30.7 Å². The molecule has 3 rings (SSSR count). The van der Waals surface area contributed by atoms with Gasteiger partial charge in [-0.1, -0.05) is 24.3 Å². The van der Waals surface area contributed by atoms with E-state index in [1.165, 1.54) is 23.0 Å². The average Bonchev–Trinajstić information content (AvgIpc) is 3.08. The Balaban J connectivity index is 1.64. The first-order valence-electron chi connectivity index (χ1n) is 9.63. The molecule has 0 saturated carbocycles. The van der Waals surface area contributed by atoms with E-state index in [0.717, 1.165) is 23.4 Å². The zero-order valence-electron chi connectivity index (χ0n) is 17.4. The van der Waals surface area contributed by atoms with Gasteiger partial charge in [0.1, 0.15) is 0 Å². The fraction of sp³-hybridized carbons (Fsp3) is 0.364. The van der Waals surface area contributed by atoms with Gasteiger partial charge in [-0.3, -0.25) is 9.59 Å². The van der Waals surface area contributed by atoms with Crippen molar-refractivity contribution in [2.75, 3.05) is 50.7 Å². The normalized spacial score (nSPS) is 13.9. The summed E-state index contributed by atoms with van der Waals surface area (Å²) < 4.78 is 0. The molecule has 29 heavy (non-hydrogen) atoms. The number of nitrogens with one attached hydrogen (secondary N) is 2. The van der Waals surface area contributed by atoms with E-state index in [1.54, 1.807) is 6.07 Å². The van der Waals surface area contributed by atoms with E-state index < -0.39 is 11.8 Å². The van der Waals surface area contributed by atoms with Crippen LogP contribution in [0.4, 0.5) is 11.4 Å². The van der Waals surface area contributed by atoms with E-state index in [-0.39, 0.29) is 6.04 Å². The molecular formula is C22H28N4O2S. The highest BCUT2D eigenvalue weighted by atomic mass is 32.2. The number of likely N-dealkylation sites (N-methyl/N-ethyl adjacent to an activating group) is 2. The maximum absolute atomic E-state index is 12.4. The number of thioether (sulfide) groups is 1. The van der Waals surface area contributed by atoms with Gasteiger partial charge in [0.05, 0.1) is 11.7 Å². The van der Waals surface area contributed by atoms with Crippen LogP contribution in [0.3, 0.4) is 0 Å². The maximum atomic E-state index is 12.4. The second-order valence-electron chi connectivity index (χ2n) is 7.40.